The summed E-state index contributed by atoms with van der Waals surface area (Å²) in [5.41, 5.74) is 1.44. The molecule has 7 nitrogen and oxygen atoms in total. The van der Waals surface area contributed by atoms with Crippen molar-refractivity contribution in [3.63, 3.8) is 0 Å². The van der Waals surface area contributed by atoms with E-state index in [0.29, 0.717) is 31.5 Å². The third-order valence-electron chi connectivity index (χ3n) is 5.80. The molecular formula is C22H24FN3O4S. The van der Waals surface area contributed by atoms with Gasteiger partial charge < -0.3 is 10.2 Å². The summed E-state index contributed by atoms with van der Waals surface area (Å²) in [6.07, 6.45) is 2.13. The van der Waals surface area contributed by atoms with Crippen LogP contribution >= 0.6 is 0 Å². The molecule has 2 heterocycles. The lowest BCUT2D eigenvalue weighted by atomic mass is 9.97. The molecule has 164 valence electrons. The molecule has 2 amide bonds. The van der Waals surface area contributed by atoms with Gasteiger partial charge in [-0.1, -0.05) is 12.1 Å². The van der Waals surface area contributed by atoms with Crippen LogP contribution in [0.3, 0.4) is 0 Å². The highest BCUT2D eigenvalue weighted by Crippen LogP contribution is 2.27. The maximum atomic E-state index is 13.9. The first-order valence-corrected chi connectivity index (χ1v) is 11.8. The second-order valence-corrected chi connectivity index (χ2v) is 9.70. The summed E-state index contributed by atoms with van der Waals surface area (Å²) in [5.74, 6) is -1.17. The number of hydrogen-bond acceptors (Lipinski definition) is 4. The van der Waals surface area contributed by atoms with Crippen molar-refractivity contribution < 1.29 is 22.4 Å². The number of sulfonamides is 1. The summed E-state index contributed by atoms with van der Waals surface area (Å²) in [4.78, 5) is 25.9. The van der Waals surface area contributed by atoms with E-state index in [1.54, 1.807) is 17.0 Å². The maximum absolute atomic E-state index is 13.9. The fourth-order valence-electron chi connectivity index (χ4n) is 4.04. The lowest BCUT2D eigenvalue weighted by Gasteiger charge is -2.30. The van der Waals surface area contributed by atoms with Crippen molar-refractivity contribution in [3.05, 3.63) is 54.3 Å². The normalized spacial score (nSPS) is 18.4. The number of benzene rings is 2. The molecule has 0 radical (unpaired) electrons. The van der Waals surface area contributed by atoms with Crippen LogP contribution in [0, 0.1) is 11.7 Å². The average Bonchev–Trinajstić information content (AvgIpc) is 3.20. The summed E-state index contributed by atoms with van der Waals surface area (Å²) in [5, 5.41) is 2.86. The molecule has 0 aromatic heterocycles. The molecule has 2 aliphatic heterocycles. The fourth-order valence-corrected chi connectivity index (χ4v) is 5.58. The smallest absolute Gasteiger partial charge is 0.245 e. The third kappa shape index (κ3) is 4.47. The highest BCUT2D eigenvalue weighted by molar-refractivity contribution is 7.89. The molecule has 2 aliphatic rings. The Kier molecular flexibility index (Phi) is 6.06. The Morgan fingerprint density at radius 1 is 1.00 bits per heavy atom. The number of hydrogen-bond donors (Lipinski definition) is 1. The zero-order valence-corrected chi connectivity index (χ0v) is 17.8. The number of nitrogens with one attached hydrogen (secondary N) is 1. The summed E-state index contributed by atoms with van der Waals surface area (Å²) < 4.78 is 40.6. The molecule has 2 aromatic rings. The van der Waals surface area contributed by atoms with Crippen LogP contribution in [-0.4, -0.2) is 44.2 Å². The number of anilines is 2. The Morgan fingerprint density at radius 3 is 2.29 bits per heavy atom. The molecular weight excluding hydrogens is 421 g/mol. The number of halogens is 1. The van der Waals surface area contributed by atoms with Gasteiger partial charge in [-0.3, -0.25) is 9.59 Å². The molecule has 9 heteroatoms. The highest BCUT2D eigenvalue weighted by atomic mass is 32.2. The van der Waals surface area contributed by atoms with E-state index in [1.165, 1.54) is 22.5 Å². The van der Waals surface area contributed by atoms with E-state index in [0.717, 1.165) is 18.2 Å². The van der Waals surface area contributed by atoms with E-state index in [-0.39, 0.29) is 35.7 Å². The number of carbonyl (C=O) groups excluding carboxylic acids is 2. The van der Waals surface area contributed by atoms with Gasteiger partial charge in [0, 0.05) is 43.3 Å². The van der Waals surface area contributed by atoms with Crippen molar-refractivity contribution in [2.75, 3.05) is 29.9 Å². The van der Waals surface area contributed by atoms with Crippen LogP contribution in [0.25, 0.3) is 0 Å². The number of amides is 2. The zero-order valence-electron chi connectivity index (χ0n) is 17.0. The van der Waals surface area contributed by atoms with Crippen LogP contribution in [0.4, 0.5) is 15.8 Å². The van der Waals surface area contributed by atoms with Gasteiger partial charge in [-0.05, 0) is 55.7 Å². The Bertz CT molecular complexity index is 1080. The molecule has 0 atom stereocenters. The number of rotatable bonds is 5. The molecule has 4 rings (SSSR count). The van der Waals surface area contributed by atoms with E-state index >= 15 is 0 Å². The Morgan fingerprint density at radius 2 is 1.68 bits per heavy atom. The van der Waals surface area contributed by atoms with Crippen LogP contribution in [-0.2, 0) is 19.6 Å². The van der Waals surface area contributed by atoms with Gasteiger partial charge in [0.2, 0.25) is 21.8 Å². The van der Waals surface area contributed by atoms with Gasteiger partial charge in [0.15, 0.2) is 0 Å². The van der Waals surface area contributed by atoms with E-state index in [9.17, 15) is 22.4 Å². The zero-order chi connectivity index (χ0) is 22.0. The van der Waals surface area contributed by atoms with Crippen molar-refractivity contribution in [1.82, 2.24) is 4.31 Å². The largest absolute Gasteiger partial charge is 0.326 e. The molecule has 0 saturated carbocycles. The van der Waals surface area contributed by atoms with Crippen molar-refractivity contribution in [3.8, 4) is 0 Å². The Balaban J connectivity index is 1.34. The predicted octanol–water partition coefficient (Wildman–Crippen LogP) is 2.99. The SMILES string of the molecule is O=C(Nc1ccc(N2CCCC2=O)cc1)C1CCN(S(=O)(=O)c2ccccc2F)CC1. The molecule has 2 aromatic carbocycles. The van der Waals surface area contributed by atoms with Crippen molar-refractivity contribution >= 4 is 33.2 Å². The minimum atomic E-state index is -3.92. The van der Waals surface area contributed by atoms with Crippen LogP contribution in [0.5, 0.6) is 0 Å². The molecule has 0 bridgehead atoms. The lowest BCUT2D eigenvalue weighted by molar-refractivity contribution is -0.121. The van der Waals surface area contributed by atoms with Crippen molar-refractivity contribution in [2.24, 2.45) is 5.92 Å². The van der Waals surface area contributed by atoms with Crippen molar-refractivity contribution in [1.29, 1.82) is 0 Å². The molecule has 31 heavy (non-hydrogen) atoms. The topological polar surface area (TPSA) is 86.8 Å². The molecule has 2 fully saturated rings. The second kappa shape index (κ2) is 8.76. The predicted molar refractivity (Wildman–Crippen MR) is 115 cm³/mol. The fraction of sp³-hybridized carbons (Fsp3) is 0.364. The quantitative estimate of drug-likeness (QED) is 0.767. The monoisotopic (exact) mass is 445 g/mol. The second-order valence-electron chi connectivity index (χ2n) is 7.79. The summed E-state index contributed by atoms with van der Waals surface area (Å²) in [7, 11) is -3.92. The molecule has 1 N–H and O–H groups in total. The number of nitrogens with zero attached hydrogens (tertiary/aromatic N) is 2. The first kappa shape index (κ1) is 21.5. The minimum absolute atomic E-state index is 0.105. The van der Waals surface area contributed by atoms with Gasteiger partial charge in [-0.25, -0.2) is 12.8 Å². The summed E-state index contributed by atoms with van der Waals surface area (Å²) in [6, 6.07) is 12.4. The van der Waals surface area contributed by atoms with Gasteiger partial charge in [0.1, 0.15) is 10.7 Å². The van der Waals surface area contributed by atoms with E-state index < -0.39 is 15.8 Å². The summed E-state index contributed by atoms with van der Waals surface area (Å²) in [6.45, 7) is 1.02. The first-order chi connectivity index (χ1) is 14.9. The van der Waals surface area contributed by atoms with E-state index in [4.69, 9.17) is 0 Å². The average molecular weight is 446 g/mol. The van der Waals surface area contributed by atoms with Crippen LogP contribution < -0.4 is 10.2 Å². The molecule has 0 unspecified atom stereocenters. The van der Waals surface area contributed by atoms with Gasteiger partial charge in [0.05, 0.1) is 0 Å². The third-order valence-corrected chi connectivity index (χ3v) is 7.73. The summed E-state index contributed by atoms with van der Waals surface area (Å²) >= 11 is 0. The molecule has 0 aliphatic carbocycles. The van der Waals surface area contributed by atoms with Gasteiger partial charge >= 0.3 is 0 Å². The molecule has 2 saturated heterocycles. The van der Waals surface area contributed by atoms with Gasteiger partial charge in [0.25, 0.3) is 0 Å². The van der Waals surface area contributed by atoms with E-state index in [1.807, 2.05) is 12.1 Å². The standard InChI is InChI=1S/C22H24FN3O4S/c23-19-4-1-2-5-20(19)31(29,30)25-14-11-16(12-15-25)22(28)24-17-7-9-18(10-8-17)26-13-3-6-21(26)27/h1-2,4-5,7-10,16H,3,6,11-15H2,(H,24,28). The Labute approximate surface area is 180 Å². The van der Waals surface area contributed by atoms with Gasteiger partial charge in [-0.2, -0.15) is 4.31 Å². The van der Waals surface area contributed by atoms with Crippen LogP contribution in [0.15, 0.2) is 53.4 Å². The van der Waals surface area contributed by atoms with Crippen LogP contribution in [0.2, 0.25) is 0 Å². The van der Waals surface area contributed by atoms with Crippen molar-refractivity contribution in [2.45, 2.75) is 30.6 Å². The first-order valence-electron chi connectivity index (χ1n) is 10.3. The van der Waals surface area contributed by atoms with Gasteiger partial charge in [-0.15, -0.1) is 0 Å². The highest BCUT2D eigenvalue weighted by Gasteiger charge is 2.33. The molecule has 0 spiro atoms. The lowest BCUT2D eigenvalue weighted by Crippen LogP contribution is -2.41. The number of carbonyl (C=O) groups is 2. The maximum Gasteiger partial charge on any atom is 0.245 e. The Hall–Kier alpha value is -2.78. The number of piperidine rings is 1. The van der Waals surface area contributed by atoms with Crippen LogP contribution in [0.1, 0.15) is 25.7 Å². The minimum Gasteiger partial charge on any atom is -0.326 e. The van der Waals surface area contributed by atoms with E-state index in [2.05, 4.69) is 5.32 Å².